The van der Waals surface area contributed by atoms with E-state index in [0.29, 0.717) is 11.4 Å². The van der Waals surface area contributed by atoms with Gasteiger partial charge in [0.25, 0.3) is 0 Å². The van der Waals surface area contributed by atoms with Crippen molar-refractivity contribution in [1.29, 1.82) is 0 Å². The van der Waals surface area contributed by atoms with Crippen LogP contribution in [0.2, 0.25) is 0 Å². The molecule has 4 N–H and O–H groups in total. The number of fused-ring (bicyclic) bond motifs is 1. The molecule has 0 bridgehead atoms. The van der Waals surface area contributed by atoms with Gasteiger partial charge in [0.15, 0.2) is 0 Å². The van der Waals surface area contributed by atoms with Crippen LogP contribution in [0.3, 0.4) is 0 Å². The summed E-state index contributed by atoms with van der Waals surface area (Å²) in [6.45, 7) is 9.54. The molecule has 0 aliphatic heterocycles. The lowest BCUT2D eigenvalue weighted by Gasteiger charge is -2.27. The van der Waals surface area contributed by atoms with Gasteiger partial charge in [-0.15, -0.1) is 44.6 Å². The summed E-state index contributed by atoms with van der Waals surface area (Å²) >= 11 is 5.21. The first-order chi connectivity index (χ1) is 12.3. The zero-order chi connectivity index (χ0) is 21.2. The molecule has 8 atom stereocenters. The van der Waals surface area contributed by atoms with E-state index in [9.17, 15) is 0 Å². The maximum atomic E-state index is 5.88. The SMILES string of the molecule is CC1(C)CC(C)(C)c2cc(N)c(N)cc21.PPP(P(P)P)P(P=S)P(P)P. The largest absolute Gasteiger partial charge is 0.397 e. The summed E-state index contributed by atoms with van der Waals surface area (Å²) in [6.07, 6.45) is 1.15. The van der Waals surface area contributed by atoms with E-state index in [1.54, 1.807) is 0 Å². The van der Waals surface area contributed by atoms with Crippen LogP contribution in [0.5, 0.6) is 0 Å². The first-order valence-corrected chi connectivity index (χ1v) is 28.2. The van der Waals surface area contributed by atoms with Gasteiger partial charge in [0.05, 0.1) is 11.4 Å². The maximum absolute atomic E-state index is 5.88. The van der Waals surface area contributed by atoms with Gasteiger partial charge in [0, 0.05) is 14.0 Å². The normalized spacial score (nSPS) is 20.0. The zero-order valence-corrected chi connectivity index (χ0v) is 28.1. The lowest BCUT2D eigenvalue weighted by atomic mass is 9.82. The third-order valence-corrected chi connectivity index (χ3v) is 67.0. The van der Waals surface area contributed by atoms with Crippen molar-refractivity contribution >= 4 is 111 Å². The average molecular weight is 588 g/mol. The van der Waals surface area contributed by atoms with Gasteiger partial charge in [-0.25, -0.2) is 0 Å². The van der Waals surface area contributed by atoms with Crippen molar-refractivity contribution in [3.05, 3.63) is 23.3 Å². The van der Waals surface area contributed by atoms with Crippen molar-refractivity contribution < 1.29 is 0 Å². The third kappa shape index (κ3) is 7.87. The van der Waals surface area contributed by atoms with Crippen LogP contribution in [-0.2, 0) is 22.6 Å². The van der Waals surface area contributed by atoms with Crippen LogP contribution < -0.4 is 11.5 Å². The number of benzene rings is 1. The van der Waals surface area contributed by atoms with Crippen molar-refractivity contribution in [2.24, 2.45) is 0 Å². The van der Waals surface area contributed by atoms with Crippen LogP contribution in [0.1, 0.15) is 45.2 Å². The van der Waals surface area contributed by atoms with Gasteiger partial charge in [-0.2, -0.15) is 0 Å². The summed E-state index contributed by atoms with van der Waals surface area (Å²) in [6, 6.07) is 4.11. The van der Waals surface area contributed by atoms with Gasteiger partial charge in [0.2, 0.25) is 0 Å². The van der Waals surface area contributed by atoms with Crippen LogP contribution in [-0.4, -0.2) is 0 Å². The fourth-order valence-corrected chi connectivity index (χ4v) is 96.7. The Hall–Kier alpha value is 3.64. The highest BCUT2D eigenvalue weighted by Gasteiger charge is 2.42. The molecule has 0 amide bonds. The number of hydrogen-bond donors (Lipinski definition) is 2. The van der Waals surface area contributed by atoms with Crippen LogP contribution in [0.4, 0.5) is 11.4 Å². The quantitative estimate of drug-likeness (QED) is 0.266. The van der Waals surface area contributed by atoms with Gasteiger partial charge in [0.1, 0.15) is 0 Å². The Morgan fingerprint density at radius 3 is 1.59 bits per heavy atom. The molecule has 1 aliphatic rings. The molecule has 27 heavy (non-hydrogen) atoms. The zero-order valence-electron chi connectivity index (χ0n) is 16.0. The summed E-state index contributed by atoms with van der Waals surface area (Å²) in [4.78, 5) is 0. The second-order valence-electron chi connectivity index (χ2n) is 7.50. The highest BCUT2D eigenvalue weighted by molar-refractivity contribution is 9.18. The smallest absolute Gasteiger partial charge is 0.0550 e. The summed E-state index contributed by atoms with van der Waals surface area (Å²) in [7, 11) is 17.0. The van der Waals surface area contributed by atoms with E-state index in [4.69, 9.17) is 23.3 Å². The minimum Gasteiger partial charge on any atom is -0.397 e. The van der Waals surface area contributed by atoms with E-state index in [1.807, 2.05) is 0 Å². The van der Waals surface area contributed by atoms with Gasteiger partial charge in [-0.1, -0.05) is 47.5 Å². The summed E-state index contributed by atoms with van der Waals surface area (Å²) in [5.74, 6) is 0. The Bertz CT molecular complexity index is 629. The Balaban J connectivity index is 0.000000279. The minimum absolute atomic E-state index is 0.0519. The lowest BCUT2D eigenvalue weighted by Crippen LogP contribution is -2.18. The standard InChI is InChI=1S/C13H20N2.H11P11S/c1-12(2)7-13(3,4)9-6-11(15)10(14)5-8(9)12;1-6-10(8(2)3)11(7-12)9(4)5/h5-6H,7,14-15H2,1-4H3;6H,1-5H2. The average Bonchev–Trinajstić information content (AvgIpc) is 2.70. The predicted molar refractivity (Wildman–Crippen MR) is 165 cm³/mol. The molecule has 0 heterocycles. The van der Waals surface area contributed by atoms with Crippen LogP contribution in [0.25, 0.3) is 0 Å². The van der Waals surface area contributed by atoms with Gasteiger partial charge < -0.3 is 11.5 Å². The maximum Gasteiger partial charge on any atom is 0.0550 e. The molecule has 0 spiro atoms. The Labute approximate surface area is 189 Å². The molecular formula is C13H31N2P11S. The third-order valence-electron chi connectivity index (χ3n) is 4.35. The Kier molecular flexibility index (Phi) is 13.0. The highest BCUT2D eigenvalue weighted by atomic mass is 33.2. The summed E-state index contributed by atoms with van der Waals surface area (Å²) < 4.78 is 0. The van der Waals surface area contributed by atoms with Gasteiger partial charge in [-0.05, 0) is 61.5 Å². The van der Waals surface area contributed by atoms with Crippen molar-refractivity contribution in [3.8, 4) is 0 Å². The van der Waals surface area contributed by atoms with Crippen LogP contribution in [0, 0.1) is 0 Å². The molecule has 0 fully saturated rings. The lowest BCUT2D eigenvalue weighted by molar-refractivity contribution is 0.403. The molecule has 8 unspecified atom stereocenters. The molecule has 0 radical (unpaired) electrons. The molecule has 0 saturated heterocycles. The number of anilines is 2. The van der Waals surface area contributed by atoms with Crippen LogP contribution in [0.15, 0.2) is 12.1 Å². The Morgan fingerprint density at radius 1 is 0.963 bits per heavy atom. The second kappa shape index (κ2) is 12.2. The monoisotopic (exact) mass is 588 g/mol. The molecule has 1 aliphatic carbocycles. The topological polar surface area (TPSA) is 52.0 Å². The van der Waals surface area contributed by atoms with Crippen molar-refractivity contribution in [2.45, 2.75) is 44.9 Å². The fourth-order valence-electron chi connectivity index (χ4n) is 3.43. The molecule has 154 valence electrons. The summed E-state index contributed by atoms with van der Waals surface area (Å²) in [5.41, 5.74) is 16.3. The van der Waals surface area contributed by atoms with Crippen molar-refractivity contribution in [2.75, 3.05) is 11.5 Å². The van der Waals surface area contributed by atoms with E-state index in [0.717, 1.165) is 14.4 Å². The van der Waals surface area contributed by atoms with E-state index >= 15 is 0 Å². The number of rotatable bonds is 5. The van der Waals surface area contributed by atoms with Crippen molar-refractivity contribution in [3.63, 3.8) is 0 Å². The first kappa shape index (κ1) is 28.7. The molecular weight excluding hydrogens is 557 g/mol. The molecule has 2 nitrogen and oxygen atoms in total. The minimum atomic E-state index is 0.0519. The van der Waals surface area contributed by atoms with E-state index in [2.05, 4.69) is 84.5 Å². The van der Waals surface area contributed by atoms with Gasteiger partial charge in [-0.3, -0.25) is 0 Å². The number of nitrogens with two attached hydrogens (primary N) is 2. The number of nitrogen functional groups attached to an aromatic ring is 2. The summed E-state index contributed by atoms with van der Waals surface area (Å²) in [5, 5.41) is 0. The molecule has 2 rings (SSSR count). The Morgan fingerprint density at radius 2 is 1.37 bits per heavy atom. The molecule has 0 saturated carbocycles. The first-order valence-electron chi connectivity index (χ1n) is 7.97. The predicted octanol–water partition coefficient (Wildman–Crippen LogP) is 9.34. The molecule has 14 heteroatoms. The van der Waals surface area contributed by atoms with Crippen molar-refractivity contribution in [1.82, 2.24) is 0 Å². The molecule has 0 aromatic heterocycles. The number of hydrogen-bond acceptors (Lipinski definition) is 3. The van der Waals surface area contributed by atoms with E-state index in [1.165, 1.54) is 18.2 Å². The second-order valence-corrected chi connectivity index (χ2v) is 47.2. The van der Waals surface area contributed by atoms with E-state index in [-0.39, 0.29) is 38.8 Å². The van der Waals surface area contributed by atoms with Gasteiger partial charge >= 0.3 is 0 Å². The molecule has 1 aromatic carbocycles. The fraction of sp³-hybridized carbons (Fsp3) is 0.538. The van der Waals surface area contributed by atoms with E-state index < -0.39 is 0 Å². The highest BCUT2D eigenvalue weighted by Crippen LogP contribution is 3.12. The molecule has 1 aromatic rings. The van der Waals surface area contributed by atoms with Crippen LogP contribution >= 0.6 is 87.6 Å².